The molecule has 82 valence electrons. The van der Waals surface area contributed by atoms with E-state index in [2.05, 4.69) is 6.92 Å². The fourth-order valence-electron chi connectivity index (χ4n) is 1.76. The quantitative estimate of drug-likeness (QED) is 0.416. The minimum atomic E-state index is -0.840. The van der Waals surface area contributed by atoms with Crippen molar-refractivity contribution in [1.82, 2.24) is 0 Å². The van der Waals surface area contributed by atoms with Crippen LogP contribution in [0.1, 0.15) is 45.4 Å². The minimum Gasteiger partial charge on any atom is -0.463 e. The van der Waals surface area contributed by atoms with E-state index in [-0.39, 0.29) is 5.97 Å². The lowest BCUT2D eigenvalue weighted by molar-refractivity contribution is -0.173. The largest absolute Gasteiger partial charge is 0.463 e. The van der Waals surface area contributed by atoms with Crippen LogP contribution >= 0.6 is 0 Å². The van der Waals surface area contributed by atoms with Gasteiger partial charge in [-0.05, 0) is 32.1 Å². The summed E-state index contributed by atoms with van der Waals surface area (Å²) in [6, 6.07) is 0. The van der Waals surface area contributed by atoms with Gasteiger partial charge in [-0.2, -0.15) is 0 Å². The second kappa shape index (κ2) is 5.32. The number of unbranched alkanes of at least 4 members (excludes halogenated alkanes) is 1. The van der Waals surface area contributed by atoms with Crippen molar-refractivity contribution in [3.63, 3.8) is 0 Å². The first-order valence-electron chi connectivity index (χ1n) is 5.30. The highest BCUT2D eigenvalue weighted by Gasteiger charge is 2.43. The number of esters is 1. The molecule has 1 fully saturated rings. The third kappa shape index (κ3) is 2.45. The molecule has 0 bridgehead atoms. The van der Waals surface area contributed by atoms with Crippen molar-refractivity contribution in [3.05, 3.63) is 0 Å². The van der Waals surface area contributed by atoms with Crippen LogP contribution in [0.4, 0.5) is 0 Å². The third-order valence-electron chi connectivity index (χ3n) is 2.74. The molecule has 0 atom stereocenters. The summed E-state index contributed by atoms with van der Waals surface area (Å²) in [6.07, 6.45) is 5.26. The van der Waals surface area contributed by atoms with E-state index in [9.17, 15) is 4.79 Å². The average molecular weight is 201 g/mol. The number of ether oxygens (including phenoxy) is 1. The predicted octanol–water partition coefficient (Wildman–Crippen LogP) is 1.53. The van der Waals surface area contributed by atoms with Crippen LogP contribution in [-0.2, 0) is 14.4 Å². The molecule has 1 aliphatic rings. The van der Waals surface area contributed by atoms with Gasteiger partial charge < -0.3 is 4.74 Å². The number of rotatable bonds is 5. The number of hydrogen-bond donors (Lipinski definition) is 1. The molecule has 0 aromatic heterocycles. The van der Waals surface area contributed by atoms with E-state index >= 15 is 0 Å². The van der Waals surface area contributed by atoms with Crippen LogP contribution in [0.3, 0.4) is 0 Å². The van der Waals surface area contributed by atoms with E-state index < -0.39 is 5.60 Å². The van der Waals surface area contributed by atoms with Crippen LogP contribution in [0, 0.1) is 0 Å². The first-order chi connectivity index (χ1) is 6.75. The Kier molecular flexibility index (Phi) is 4.35. The van der Waals surface area contributed by atoms with Gasteiger partial charge in [0.25, 0.3) is 0 Å². The highest BCUT2D eigenvalue weighted by Crippen LogP contribution is 2.33. The second-order valence-electron chi connectivity index (χ2n) is 3.81. The van der Waals surface area contributed by atoms with Gasteiger partial charge in [-0.15, -0.1) is 0 Å². The van der Waals surface area contributed by atoms with Crippen molar-refractivity contribution in [2.45, 2.75) is 51.0 Å². The maximum Gasteiger partial charge on any atom is 0.340 e. The molecule has 4 nitrogen and oxygen atoms in total. The van der Waals surface area contributed by atoms with Gasteiger partial charge in [0.15, 0.2) is 5.60 Å². The maximum absolute atomic E-state index is 11.6. The Balaban J connectivity index is 2.40. The molecular weight excluding hydrogens is 182 g/mol. The van der Waals surface area contributed by atoms with E-state index in [0.717, 1.165) is 25.7 Å². The Labute approximate surface area is 84.7 Å². The molecule has 0 aromatic rings. The van der Waals surface area contributed by atoms with Gasteiger partial charge >= 0.3 is 5.97 Å². The van der Waals surface area contributed by atoms with Crippen molar-refractivity contribution in [2.24, 2.45) is 5.90 Å². The van der Waals surface area contributed by atoms with Crippen LogP contribution in [-0.4, -0.2) is 18.2 Å². The van der Waals surface area contributed by atoms with Crippen molar-refractivity contribution < 1.29 is 14.4 Å². The van der Waals surface area contributed by atoms with E-state index in [4.69, 9.17) is 15.5 Å². The van der Waals surface area contributed by atoms with Crippen LogP contribution in [0.5, 0.6) is 0 Å². The smallest absolute Gasteiger partial charge is 0.340 e. The van der Waals surface area contributed by atoms with Gasteiger partial charge in [-0.1, -0.05) is 13.3 Å². The zero-order chi connectivity index (χ0) is 10.4. The van der Waals surface area contributed by atoms with Gasteiger partial charge in [0, 0.05) is 0 Å². The standard InChI is InChI=1S/C10H19NO3/c1-2-3-8-13-9(12)10(14-11)6-4-5-7-10/h2-8,11H2,1H3. The van der Waals surface area contributed by atoms with Crippen LogP contribution in [0.2, 0.25) is 0 Å². The van der Waals surface area contributed by atoms with E-state index in [1.807, 2.05) is 0 Å². The first-order valence-corrected chi connectivity index (χ1v) is 5.30. The number of carbonyl (C=O) groups excluding carboxylic acids is 1. The highest BCUT2D eigenvalue weighted by atomic mass is 16.7. The van der Waals surface area contributed by atoms with Crippen LogP contribution in [0.25, 0.3) is 0 Å². The molecule has 14 heavy (non-hydrogen) atoms. The first kappa shape index (κ1) is 11.5. The summed E-state index contributed by atoms with van der Waals surface area (Å²) in [5.41, 5.74) is -0.840. The molecular formula is C10H19NO3. The second-order valence-corrected chi connectivity index (χ2v) is 3.81. The average Bonchev–Trinajstić information content (AvgIpc) is 2.67. The Morgan fingerprint density at radius 3 is 2.57 bits per heavy atom. The molecule has 2 N–H and O–H groups in total. The molecule has 0 aromatic carbocycles. The van der Waals surface area contributed by atoms with Crippen molar-refractivity contribution in [1.29, 1.82) is 0 Å². The summed E-state index contributed by atoms with van der Waals surface area (Å²) < 4.78 is 5.12. The van der Waals surface area contributed by atoms with Crippen LogP contribution < -0.4 is 5.90 Å². The lowest BCUT2D eigenvalue weighted by atomic mass is 10.0. The summed E-state index contributed by atoms with van der Waals surface area (Å²) in [5, 5.41) is 0. The summed E-state index contributed by atoms with van der Waals surface area (Å²) in [5.74, 6) is 4.89. The molecule has 0 amide bonds. The molecule has 0 spiro atoms. The Morgan fingerprint density at radius 1 is 1.43 bits per heavy atom. The Morgan fingerprint density at radius 2 is 2.07 bits per heavy atom. The number of carbonyl (C=O) groups is 1. The van der Waals surface area contributed by atoms with Gasteiger partial charge in [0.2, 0.25) is 0 Å². The van der Waals surface area contributed by atoms with Gasteiger partial charge in [-0.3, -0.25) is 4.84 Å². The minimum absolute atomic E-state index is 0.286. The lowest BCUT2D eigenvalue weighted by Gasteiger charge is -2.23. The highest BCUT2D eigenvalue weighted by molar-refractivity contribution is 5.79. The third-order valence-corrected chi connectivity index (χ3v) is 2.74. The molecule has 1 rings (SSSR count). The molecule has 0 saturated heterocycles. The molecule has 0 unspecified atom stereocenters. The van der Waals surface area contributed by atoms with Gasteiger partial charge in [0.05, 0.1) is 6.61 Å². The zero-order valence-corrected chi connectivity index (χ0v) is 8.75. The molecule has 0 radical (unpaired) electrons. The number of nitrogens with two attached hydrogens (primary N) is 1. The van der Waals surface area contributed by atoms with Crippen molar-refractivity contribution in [2.75, 3.05) is 6.61 Å². The maximum atomic E-state index is 11.6. The Bertz CT molecular complexity index is 188. The van der Waals surface area contributed by atoms with E-state index in [1.54, 1.807) is 0 Å². The van der Waals surface area contributed by atoms with Crippen LogP contribution in [0.15, 0.2) is 0 Å². The molecule has 1 aliphatic carbocycles. The predicted molar refractivity (Wildman–Crippen MR) is 52.3 cm³/mol. The fourth-order valence-corrected chi connectivity index (χ4v) is 1.76. The molecule has 4 heteroatoms. The summed E-state index contributed by atoms with van der Waals surface area (Å²) >= 11 is 0. The van der Waals surface area contributed by atoms with Crippen molar-refractivity contribution in [3.8, 4) is 0 Å². The summed E-state index contributed by atoms with van der Waals surface area (Å²) in [6.45, 7) is 2.53. The lowest BCUT2D eigenvalue weighted by Crippen LogP contribution is -2.42. The normalized spacial score (nSPS) is 19.6. The molecule has 0 heterocycles. The van der Waals surface area contributed by atoms with E-state index in [0.29, 0.717) is 19.4 Å². The zero-order valence-electron chi connectivity index (χ0n) is 8.75. The Hall–Kier alpha value is -0.610. The number of hydrogen-bond acceptors (Lipinski definition) is 4. The SMILES string of the molecule is CCCCOC(=O)C1(ON)CCCC1. The monoisotopic (exact) mass is 201 g/mol. The fraction of sp³-hybridized carbons (Fsp3) is 0.900. The van der Waals surface area contributed by atoms with Gasteiger partial charge in [-0.25, -0.2) is 10.7 Å². The van der Waals surface area contributed by atoms with Gasteiger partial charge in [0.1, 0.15) is 0 Å². The summed E-state index contributed by atoms with van der Waals surface area (Å²) in [4.78, 5) is 16.5. The van der Waals surface area contributed by atoms with E-state index in [1.165, 1.54) is 0 Å². The van der Waals surface area contributed by atoms with Crippen molar-refractivity contribution >= 4 is 5.97 Å². The molecule has 0 aliphatic heterocycles. The molecule has 1 saturated carbocycles. The summed E-state index contributed by atoms with van der Waals surface area (Å²) in [7, 11) is 0. The topological polar surface area (TPSA) is 61.5 Å².